The number of nitrogens with one attached hydrogen (secondary N) is 1. The van der Waals surface area contributed by atoms with Crippen molar-refractivity contribution in [3.05, 3.63) is 24.3 Å². The zero-order chi connectivity index (χ0) is 14.6. The van der Waals surface area contributed by atoms with Gasteiger partial charge in [-0.3, -0.25) is 0 Å². The van der Waals surface area contributed by atoms with Gasteiger partial charge in [0.2, 0.25) is 0 Å². The maximum Gasteiger partial charge on any atom is 0.321 e. The van der Waals surface area contributed by atoms with Gasteiger partial charge in [-0.25, -0.2) is 4.79 Å². The van der Waals surface area contributed by atoms with Gasteiger partial charge >= 0.3 is 6.03 Å². The van der Waals surface area contributed by atoms with Crippen LogP contribution in [-0.2, 0) is 0 Å². The molecule has 1 aromatic rings. The lowest BCUT2D eigenvalue weighted by atomic mass is 9.85. The number of carbonyl (C=O) groups excluding carboxylic acids is 1. The highest BCUT2D eigenvalue weighted by atomic mass is 16.5. The molecule has 0 atom stereocenters. The fourth-order valence-corrected chi connectivity index (χ4v) is 2.50. The molecule has 2 rings (SSSR count). The minimum atomic E-state index is -0.00660. The number of carbonyl (C=O) groups is 1. The van der Waals surface area contributed by atoms with Crippen LogP contribution >= 0.6 is 0 Å². The number of benzene rings is 1. The Morgan fingerprint density at radius 3 is 2.55 bits per heavy atom. The molecular formula is C16H24N2O2. The average Bonchev–Trinajstić information content (AvgIpc) is 2.60. The van der Waals surface area contributed by atoms with E-state index in [2.05, 4.69) is 19.2 Å². The Hall–Kier alpha value is -1.71. The van der Waals surface area contributed by atoms with Crippen molar-refractivity contribution < 1.29 is 9.53 Å². The van der Waals surface area contributed by atoms with Crippen molar-refractivity contribution in [1.29, 1.82) is 0 Å². The predicted octanol–water partition coefficient (Wildman–Crippen LogP) is 3.74. The second-order valence-electron chi connectivity index (χ2n) is 6.16. The number of nitrogens with zero attached hydrogens (tertiary/aromatic N) is 1. The summed E-state index contributed by atoms with van der Waals surface area (Å²) in [5.74, 6) is 0.791. The summed E-state index contributed by atoms with van der Waals surface area (Å²) in [4.78, 5) is 14.2. The van der Waals surface area contributed by atoms with Gasteiger partial charge < -0.3 is 15.0 Å². The van der Waals surface area contributed by atoms with E-state index in [0.29, 0.717) is 5.41 Å². The highest BCUT2D eigenvalue weighted by Crippen LogP contribution is 2.30. The maximum atomic E-state index is 12.3. The van der Waals surface area contributed by atoms with E-state index in [0.717, 1.165) is 37.4 Å². The third-order valence-corrected chi connectivity index (χ3v) is 3.97. The first-order chi connectivity index (χ1) is 9.50. The molecule has 1 N–H and O–H groups in total. The van der Waals surface area contributed by atoms with Gasteiger partial charge in [0, 0.05) is 18.8 Å². The van der Waals surface area contributed by atoms with Gasteiger partial charge in [-0.1, -0.05) is 13.8 Å². The molecule has 0 saturated carbocycles. The van der Waals surface area contributed by atoms with Gasteiger partial charge in [-0.2, -0.15) is 0 Å². The molecule has 4 nitrogen and oxygen atoms in total. The zero-order valence-corrected chi connectivity index (χ0v) is 12.6. The zero-order valence-electron chi connectivity index (χ0n) is 12.6. The predicted molar refractivity (Wildman–Crippen MR) is 81.2 cm³/mol. The van der Waals surface area contributed by atoms with Gasteiger partial charge in [0.25, 0.3) is 0 Å². The number of anilines is 1. The number of ether oxygens (including phenoxy) is 1. The van der Waals surface area contributed by atoms with E-state index in [1.807, 2.05) is 29.2 Å². The van der Waals surface area contributed by atoms with Crippen LogP contribution < -0.4 is 10.1 Å². The van der Waals surface area contributed by atoms with Crippen LogP contribution in [0.2, 0.25) is 0 Å². The second kappa shape index (κ2) is 6.16. The summed E-state index contributed by atoms with van der Waals surface area (Å²) in [6, 6.07) is 7.41. The summed E-state index contributed by atoms with van der Waals surface area (Å²) in [6.45, 7) is 6.22. The number of methoxy groups -OCH3 is 1. The van der Waals surface area contributed by atoms with E-state index in [1.165, 1.54) is 6.42 Å². The Kier molecular flexibility index (Phi) is 4.53. The minimum Gasteiger partial charge on any atom is -0.497 e. The minimum absolute atomic E-state index is 0.00660. The number of urea groups is 1. The van der Waals surface area contributed by atoms with Crippen LogP contribution in [0, 0.1) is 5.41 Å². The summed E-state index contributed by atoms with van der Waals surface area (Å²) in [5, 5.41) is 2.95. The lowest BCUT2D eigenvalue weighted by Gasteiger charge is -2.23. The average molecular weight is 276 g/mol. The molecule has 1 aliphatic heterocycles. The summed E-state index contributed by atoms with van der Waals surface area (Å²) in [6.07, 6.45) is 3.31. The maximum absolute atomic E-state index is 12.3. The van der Waals surface area contributed by atoms with Crippen molar-refractivity contribution in [1.82, 2.24) is 4.90 Å². The Morgan fingerprint density at radius 2 is 1.90 bits per heavy atom. The van der Waals surface area contributed by atoms with E-state index >= 15 is 0 Å². The van der Waals surface area contributed by atoms with E-state index in [1.54, 1.807) is 7.11 Å². The molecule has 0 spiro atoms. The van der Waals surface area contributed by atoms with Crippen LogP contribution in [-0.4, -0.2) is 31.1 Å². The number of amides is 2. The van der Waals surface area contributed by atoms with Crippen molar-refractivity contribution in [2.24, 2.45) is 5.41 Å². The third-order valence-electron chi connectivity index (χ3n) is 3.97. The van der Waals surface area contributed by atoms with Gasteiger partial charge in [0.05, 0.1) is 7.11 Å². The lowest BCUT2D eigenvalue weighted by Crippen LogP contribution is -2.36. The molecule has 0 aromatic heterocycles. The van der Waals surface area contributed by atoms with Crippen LogP contribution in [0.1, 0.15) is 33.1 Å². The largest absolute Gasteiger partial charge is 0.497 e. The summed E-state index contributed by atoms with van der Waals surface area (Å²) < 4.78 is 5.11. The van der Waals surface area contributed by atoms with Crippen LogP contribution in [0.25, 0.3) is 0 Å². The molecule has 4 heteroatoms. The number of likely N-dealkylation sites (tertiary alicyclic amines) is 1. The molecule has 110 valence electrons. The highest BCUT2D eigenvalue weighted by Gasteiger charge is 2.25. The van der Waals surface area contributed by atoms with Gasteiger partial charge in [0.1, 0.15) is 5.75 Å². The fourth-order valence-electron chi connectivity index (χ4n) is 2.50. The second-order valence-corrected chi connectivity index (χ2v) is 6.16. The molecule has 0 aliphatic carbocycles. The van der Waals surface area contributed by atoms with Crippen molar-refractivity contribution in [3.63, 3.8) is 0 Å². The normalized spacial score (nSPS) is 18.2. The Labute approximate surface area is 121 Å². The molecule has 1 aliphatic rings. The monoisotopic (exact) mass is 276 g/mol. The first-order valence-electron chi connectivity index (χ1n) is 7.20. The molecule has 0 radical (unpaired) electrons. The van der Waals surface area contributed by atoms with E-state index < -0.39 is 0 Å². The Bertz CT molecular complexity index is 454. The van der Waals surface area contributed by atoms with E-state index in [-0.39, 0.29) is 6.03 Å². The first kappa shape index (κ1) is 14.7. The quantitative estimate of drug-likeness (QED) is 0.894. The van der Waals surface area contributed by atoms with Crippen LogP contribution in [0.5, 0.6) is 5.75 Å². The molecule has 1 saturated heterocycles. The smallest absolute Gasteiger partial charge is 0.321 e. The number of rotatable bonds is 2. The molecule has 1 aromatic carbocycles. The van der Waals surface area contributed by atoms with Crippen LogP contribution in [0.15, 0.2) is 24.3 Å². The Balaban J connectivity index is 1.93. The highest BCUT2D eigenvalue weighted by molar-refractivity contribution is 5.89. The van der Waals surface area contributed by atoms with Gasteiger partial charge in [-0.15, -0.1) is 0 Å². The first-order valence-corrected chi connectivity index (χ1v) is 7.20. The number of hydrogen-bond donors (Lipinski definition) is 1. The molecule has 20 heavy (non-hydrogen) atoms. The van der Waals surface area contributed by atoms with E-state index in [9.17, 15) is 4.79 Å². The van der Waals surface area contributed by atoms with Crippen LogP contribution in [0.3, 0.4) is 0 Å². The summed E-state index contributed by atoms with van der Waals surface area (Å²) in [5.41, 5.74) is 1.15. The summed E-state index contributed by atoms with van der Waals surface area (Å²) >= 11 is 0. The van der Waals surface area contributed by atoms with Crippen molar-refractivity contribution in [2.45, 2.75) is 33.1 Å². The third kappa shape index (κ3) is 3.89. The van der Waals surface area contributed by atoms with Crippen molar-refractivity contribution >= 4 is 11.7 Å². The molecule has 0 unspecified atom stereocenters. The summed E-state index contributed by atoms with van der Waals surface area (Å²) in [7, 11) is 1.63. The number of hydrogen-bond acceptors (Lipinski definition) is 2. The molecule has 2 amide bonds. The van der Waals surface area contributed by atoms with E-state index in [4.69, 9.17) is 4.74 Å². The van der Waals surface area contributed by atoms with Gasteiger partial charge in [-0.05, 0) is 48.9 Å². The van der Waals surface area contributed by atoms with Gasteiger partial charge in [0.15, 0.2) is 0 Å². The Morgan fingerprint density at radius 1 is 1.20 bits per heavy atom. The van der Waals surface area contributed by atoms with Crippen molar-refractivity contribution in [3.8, 4) is 5.75 Å². The standard InChI is InChI=1S/C16H24N2O2/c1-16(2)9-4-11-18(12-10-16)15(19)17-13-5-7-14(20-3)8-6-13/h5-8H,4,9-12H2,1-3H3,(H,17,19). The van der Waals surface area contributed by atoms with Crippen LogP contribution in [0.4, 0.5) is 10.5 Å². The lowest BCUT2D eigenvalue weighted by molar-refractivity contribution is 0.211. The molecule has 1 fully saturated rings. The topological polar surface area (TPSA) is 41.6 Å². The van der Waals surface area contributed by atoms with Crippen molar-refractivity contribution in [2.75, 3.05) is 25.5 Å². The molecule has 1 heterocycles. The SMILES string of the molecule is COc1ccc(NC(=O)N2CCCC(C)(C)CC2)cc1. The molecule has 0 bridgehead atoms. The molecular weight excluding hydrogens is 252 g/mol. The fraction of sp³-hybridized carbons (Fsp3) is 0.562.